The number of hydrogen-bond acceptors (Lipinski definition) is 4. The number of hydrogen-bond donors (Lipinski definition) is 1. The molecule has 0 atom stereocenters. The van der Waals surface area contributed by atoms with E-state index in [9.17, 15) is 4.79 Å². The van der Waals surface area contributed by atoms with Gasteiger partial charge in [0.15, 0.2) is 0 Å². The summed E-state index contributed by atoms with van der Waals surface area (Å²) in [5.41, 5.74) is 5.46. The average Bonchev–Trinajstić information content (AvgIpc) is 2.97. The number of rotatable bonds is 7. The van der Waals surface area contributed by atoms with E-state index in [1.54, 1.807) is 11.3 Å². The first-order valence-electron chi connectivity index (χ1n) is 7.52. The van der Waals surface area contributed by atoms with Gasteiger partial charge in [0.05, 0.1) is 0 Å². The van der Waals surface area contributed by atoms with Gasteiger partial charge in [-0.3, -0.25) is 9.69 Å². The summed E-state index contributed by atoms with van der Waals surface area (Å²) in [4.78, 5) is 17.9. The van der Waals surface area contributed by atoms with Gasteiger partial charge in [0.2, 0.25) is 5.91 Å². The van der Waals surface area contributed by atoms with E-state index in [0.717, 1.165) is 58.5 Å². The van der Waals surface area contributed by atoms with Crippen molar-refractivity contribution in [2.24, 2.45) is 5.73 Å². The fraction of sp³-hybridized carbons (Fsp3) is 0.667. The minimum atomic E-state index is 0.317. The number of carbonyl (C=O) groups excluding carboxylic acids is 1. The normalized spacial score (nSPS) is 16.6. The van der Waals surface area contributed by atoms with Crippen LogP contribution in [0.2, 0.25) is 0 Å². The van der Waals surface area contributed by atoms with Gasteiger partial charge >= 0.3 is 0 Å². The summed E-state index contributed by atoms with van der Waals surface area (Å²) in [6.07, 6.45) is 3.76. The molecule has 0 saturated carbocycles. The number of carbonyl (C=O) groups is 1. The first kappa shape index (κ1) is 15.5. The van der Waals surface area contributed by atoms with E-state index in [0.29, 0.717) is 12.3 Å². The van der Waals surface area contributed by atoms with E-state index < -0.39 is 0 Å². The zero-order chi connectivity index (χ0) is 14.2. The smallest absolute Gasteiger partial charge is 0.222 e. The Morgan fingerprint density at radius 2 is 2.00 bits per heavy atom. The first-order valence-corrected chi connectivity index (χ1v) is 8.40. The predicted octanol–water partition coefficient (Wildman–Crippen LogP) is 1.91. The summed E-state index contributed by atoms with van der Waals surface area (Å²) < 4.78 is 0. The molecule has 5 heteroatoms. The molecule has 2 N–H and O–H groups in total. The molecular weight excluding hydrogens is 270 g/mol. The molecule has 0 bridgehead atoms. The van der Waals surface area contributed by atoms with Crippen LogP contribution >= 0.6 is 11.3 Å². The molecule has 1 amide bonds. The van der Waals surface area contributed by atoms with Crippen molar-refractivity contribution in [3.05, 3.63) is 22.4 Å². The van der Waals surface area contributed by atoms with Crippen LogP contribution in [0.4, 0.5) is 0 Å². The van der Waals surface area contributed by atoms with Crippen LogP contribution in [0.5, 0.6) is 0 Å². The maximum atomic E-state index is 12.1. The molecule has 1 saturated heterocycles. The predicted molar refractivity (Wildman–Crippen MR) is 83.7 cm³/mol. The van der Waals surface area contributed by atoms with Gasteiger partial charge < -0.3 is 10.6 Å². The fourth-order valence-corrected chi connectivity index (χ4v) is 3.28. The van der Waals surface area contributed by atoms with Gasteiger partial charge in [-0.15, -0.1) is 11.3 Å². The van der Waals surface area contributed by atoms with E-state index >= 15 is 0 Å². The van der Waals surface area contributed by atoms with Crippen molar-refractivity contribution in [1.82, 2.24) is 9.80 Å². The van der Waals surface area contributed by atoms with E-state index in [2.05, 4.69) is 22.4 Å². The van der Waals surface area contributed by atoms with Gasteiger partial charge in [-0.1, -0.05) is 12.5 Å². The lowest BCUT2D eigenvalue weighted by Crippen LogP contribution is -2.48. The molecule has 0 spiro atoms. The molecule has 1 aliphatic rings. The van der Waals surface area contributed by atoms with Crippen LogP contribution in [0.3, 0.4) is 0 Å². The molecule has 1 aromatic heterocycles. The van der Waals surface area contributed by atoms with Gasteiger partial charge in [0, 0.05) is 44.0 Å². The lowest BCUT2D eigenvalue weighted by Gasteiger charge is -2.34. The van der Waals surface area contributed by atoms with Crippen molar-refractivity contribution in [3.8, 4) is 0 Å². The molecular formula is C15H25N3OS. The summed E-state index contributed by atoms with van der Waals surface area (Å²) in [5.74, 6) is 0.317. The molecule has 1 aliphatic heterocycles. The Labute approximate surface area is 125 Å². The number of amides is 1. The third-order valence-corrected chi connectivity index (χ3v) is 4.64. The molecule has 0 aliphatic carbocycles. The Hall–Kier alpha value is -0.910. The van der Waals surface area contributed by atoms with Crippen LogP contribution in [0, 0.1) is 0 Å². The van der Waals surface area contributed by atoms with Crippen LogP contribution in [0.25, 0.3) is 0 Å². The maximum Gasteiger partial charge on any atom is 0.222 e. The zero-order valence-corrected chi connectivity index (χ0v) is 12.9. The van der Waals surface area contributed by atoms with Crippen LogP contribution < -0.4 is 5.73 Å². The summed E-state index contributed by atoms with van der Waals surface area (Å²) in [5, 5.41) is 2.12. The Balaban J connectivity index is 1.64. The Morgan fingerprint density at radius 1 is 1.20 bits per heavy atom. The highest BCUT2D eigenvalue weighted by Crippen LogP contribution is 2.14. The van der Waals surface area contributed by atoms with Crippen molar-refractivity contribution in [2.75, 3.05) is 32.7 Å². The molecule has 112 valence electrons. The van der Waals surface area contributed by atoms with Gasteiger partial charge in [0.25, 0.3) is 0 Å². The number of piperazine rings is 1. The van der Waals surface area contributed by atoms with Gasteiger partial charge in [0.1, 0.15) is 0 Å². The van der Waals surface area contributed by atoms with Crippen molar-refractivity contribution in [3.63, 3.8) is 0 Å². The van der Waals surface area contributed by atoms with Crippen molar-refractivity contribution in [2.45, 2.75) is 32.2 Å². The van der Waals surface area contributed by atoms with Crippen molar-refractivity contribution < 1.29 is 4.79 Å². The zero-order valence-electron chi connectivity index (χ0n) is 12.1. The quantitative estimate of drug-likeness (QED) is 0.782. The van der Waals surface area contributed by atoms with E-state index in [-0.39, 0.29) is 0 Å². The Morgan fingerprint density at radius 3 is 2.65 bits per heavy atom. The second-order valence-electron chi connectivity index (χ2n) is 5.34. The lowest BCUT2D eigenvalue weighted by molar-refractivity contribution is -0.133. The van der Waals surface area contributed by atoms with Gasteiger partial charge in [-0.05, 0) is 30.8 Å². The van der Waals surface area contributed by atoms with Gasteiger partial charge in [-0.25, -0.2) is 0 Å². The Kier molecular flexibility index (Phi) is 6.50. The highest BCUT2D eigenvalue weighted by molar-refractivity contribution is 7.09. The van der Waals surface area contributed by atoms with Crippen LogP contribution in [-0.4, -0.2) is 48.4 Å². The SMILES string of the molecule is NCCCCCC(=O)N1CCN(Cc2cccs2)CC1. The van der Waals surface area contributed by atoms with Gasteiger partial charge in [-0.2, -0.15) is 0 Å². The third kappa shape index (κ3) is 4.89. The molecule has 0 radical (unpaired) electrons. The summed E-state index contributed by atoms with van der Waals surface area (Å²) in [7, 11) is 0. The molecule has 20 heavy (non-hydrogen) atoms. The van der Waals surface area contributed by atoms with Crippen LogP contribution in [0.15, 0.2) is 17.5 Å². The summed E-state index contributed by atoms with van der Waals surface area (Å²) >= 11 is 1.81. The van der Waals surface area contributed by atoms with E-state index in [4.69, 9.17) is 5.73 Å². The average molecular weight is 295 g/mol. The fourth-order valence-electron chi connectivity index (χ4n) is 2.53. The number of nitrogens with zero attached hydrogens (tertiary/aromatic N) is 2. The molecule has 4 nitrogen and oxygen atoms in total. The standard InChI is InChI=1S/C15H25N3OS/c16-7-3-1-2-6-15(19)18-10-8-17(9-11-18)13-14-5-4-12-20-14/h4-5,12H,1-3,6-11,13,16H2. The number of thiophene rings is 1. The highest BCUT2D eigenvalue weighted by atomic mass is 32.1. The number of nitrogens with two attached hydrogens (primary N) is 1. The third-order valence-electron chi connectivity index (χ3n) is 3.78. The second-order valence-corrected chi connectivity index (χ2v) is 6.37. The number of unbranched alkanes of at least 4 members (excludes halogenated alkanes) is 2. The highest BCUT2D eigenvalue weighted by Gasteiger charge is 2.20. The van der Waals surface area contributed by atoms with Crippen LogP contribution in [0.1, 0.15) is 30.6 Å². The molecule has 1 aromatic rings. The van der Waals surface area contributed by atoms with E-state index in [1.165, 1.54) is 4.88 Å². The topological polar surface area (TPSA) is 49.6 Å². The van der Waals surface area contributed by atoms with Crippen molar-refractivity contribution in [1.29, 1.82) is 0 Å². The maximum absolute atomic E-state index is 12.1. The summed E-state index contributed by atoms with van der Waals surface area (Å²) in [6.45, 7) is 5.49. The monoisotopic (exact) mass is 295 g/mol. The largest absolute Gasteiger partial charge is 0.340 e. The molecule has 0 aromatic carbocycles. The molecule has 2 heterocycles. The molecule has 1 fully saturated rings. The minimum absolute atomic E-state index is 0.317. The van der Waals surface area contributed by atoms with Crippen molar-refractivity contribution >= 4 is 17.2 Å². The van der Waals surface area contributed by atoms with Crippen LogP contribution in [-0.2, 0) is 11.3 Å². The minimum Gasteiger partial charge on any atom is -0.340 e. The molecule has 0 unspecified atom stereocenters. The summed E-state index contributed by atoms with van der Waals surface area (Å²) in [6, 6.07) is 4.28. The Bertz CT molecular complexity index is 386. The lowest BCUT2D eigenvalue weighted by atomic mass is 10.1. The second kappa shape index (κ2) is 8.39. The van der Waals surface area contributed by atoms with E-state index in [1.807, 2.05) is 4.90 Å². The molecule has 2 rings (SSSR count). The first-order chi connectivity index (χ1) is 9.79.